The van der Waals surface area contributed by atoms with Crippen molar-refractivity contribution in [1.82, 2.24) is 10.6 Å². The zero-order chi connectivity index (χ0) is 10.9. The molecule has 0 aliphatic carbocycles. The van der Waals surface area contributed by atoms with Crippen LogP contribution in [0.2, 0.25) is 0 Å². The van der Waals surface area contributed by atoms with Gasteiger partial charge in [-0.3, -0.25) is 4.79 Å². The lowest BCUT2D eigenvalue weighted by atomic mass is 10.0. The molecule has 0 spiro atoms. The van der Waals surface area contributed by atoms with E-state index in [2.05, 4.69) is 10.6 Å². The van der Waals surface area contributed by atoms with Gasteiger partial charge >= 0.3 is 0 Å². The molecule has 1 aliphatic heterocycles. The first-order chi connectivity index (χ1) is 7.33. The lowest BCUT2D eigenvalue weighted by molar-refractivity contribution is -0.122. The first-order valence-corrected chi connectivity index (χ1v) is 6.29. The number of hydrogen-bond acceptors (Lipinski definition) is 2. The van der Waals surface area contributed by atoms with Crippen LogP contribution in [0.3, 0.4) is 0 Å². The first-order valence-electron chi connectivity index (χ1n) is 6.29. The van der Waals surface area contributed by atoms with E-state index in [1.165, 1.54) is 38.5 Å². The molecule has 88 valence electrons. The van der Waals surface area contributed by atoms with E-state index >= 15 is 0 Å². The van der Waals surface area contributed by atoms with Gasteiger partial charge in [0, 0.05) is 6.42 Å². The van der Waals surface area contributed by atoms with E-state index in [1.54, 1.807) is 0 Å². The molecule has 1 unspecified atom stereocenters. The van der Waals surface area contributed by atoms with E-state index in [9.17, 15) is 4.79 Å². The fourth-order valence-corrected chi connectivity index (χ4v) is 2.07. The lowest BCUT2D eigenvalue weighted by Crippen LogP contribution is -2.43. The summed E-state index contributed by atoms with van der Waals surface area (Å²) >= 11 is 0. The number of amides is 1. The number of carbonyl (C=O) groups excluding carboxylic acids is 1. The summed E-state index contributed by atoms with van der Waals surface area (Å²) in [5.41, 5.74) is 0. The highest BCUT2D eigenvalue weighted by atomic mass is 16.1. The topological polar surface area (TPSA) is 41.1 Å². The van der Waals surface area contributed by atoms with Gasteiger partial charge in [0.25, 0.3) is 0 Å². The molecule has 0 saturated carbocycles. The van der Waals surface area contributed by atoms with Gasteiger partial charge in [-0.25, -0.2) is 0 Å². The molecule has 0 aromatic rings. The second-order valence-electron chi connectivity index (χ2n) is 4.42. The SMILES string of the molecule is CNC1CCCCCCCCCC(=O)N1. The number of nitrogens with one attached hydrogen (secondary N) is 2. The minimum Gasteiger partial charge on any atom is -0.341 e. The minimum atomic E-state index is 0.178. The second kappa shape index (κ2) is 7.69. The van der Waals surface area contributed by atoms with Crippen LogP contribution in [-0.4, -0.2) is 19.1 Å². The lowest BCUT2D eigenvalue weighted by Gasteiger charge is -2.18. The third kappa shape index (κ3) is 5.78. The van der Waals surface area contributed by atoms with Gasteiger partial charge in [0.15, 0.2) is 0 Å². The second-order valence-corrected chi connectivity index (χ2v) is 4.42. The van der Waals surface area contributed by atoms with Gasteiger partial charge in [0.1, 0.15) is 0 Å². The summed E-state index contributed by atoms with van der Waals surface area (Å²) in [7, 11) is 1.91. The Hall–Kier alpha value is -0.570. The van der Waals surface area contributed by atoms with Gasteiger partial charge in [-0.05, 0) is 19.9 Å². The molecular formula is C12H24N2O. The van der Waals surface area contributed by atoms with Crippen LogP contribution in [0.5, 0.6) is 0 Å². The van der Waals surface area contributed by atoms with Crippen molar-refractivity contribution < 1.29 is 4.79 Å². The summed E-state index contributed by atoms with van der Waals surface area (Å²) < 4.78 is 0. The van der Waals surface area contributed by atoms with Crippen LogP contribution in [0.1, 0.15) is 57.8 Å². The van der Waals surface area contributed by atoms with E-state index in [0.717, 1.165) is 12.8 Å². The van der Waals surface area contributed by atoms with Crippen molar-refractivity contribution >= 4 is 5.91 Å². The molecule has 0 bridgehead atoms. The molecule has 15 heavy (non-hydrogen) atoms. The molecule has 1 aliphatic rings. The molecule has 1 rings (SSSR count). The molecule has 1 heterocycles. The average Bonchev–Trinajstić information content (AvgIpc) is 2.22. The third-order valence-electron chi connectivity index (χ3n) is 3.08. The minimum absolute atomic E-state index is 0.178. The maximum atomic E-state index is 11.5. The van der Waals surface area contributed by atoms with Crippen LogP contribution in [0.15, 0.2) is 0 Å². The van der Waals surface area contributed by atoms with Gasteiger partial charge in [-0.1, -0.05) is 38.5 Å². The van der Waals surface area contributed by atoms with E-state index in [0.29, 0.717) is 6.42 Å². The summed E-state index contributed by atoms with van der Waals surface area (Å²) in [6, 6.07) is 0. The quantitative estimate of drug-likeness (QED) is 0.699. The van der Waals surface area contributed by atoms with Gasteiger partial charge < -0.3 is 10.6 Å². The normalized spacial score (nSPS) is 26.2. The monoisotopic (exact) mass is 212 g/mol. The molecule has 1 amide bonds. The zero-order valence-corrected chi connectivity index (χ0v) is 9.85. The Bertz CT molecular complexity index is 182. The average molecular weight is 212 g/mol. The smallest absolute Gasteiger partial charge is 0.221 e. The molecule has 1 saturated heterocycles. The van der Waals surface area contributed by atoms with Crippen molar-refractivity contribution in [2.75, 3.05) is 7.05 Å². The Morgan fingerprint density at radius 1 is 1.07 bits per heavy atom. The molecule has 1 fully saturated rings. The van der Waals surface area contributed by atoms with E-state index in [4.69, 9.17) is 0 Å². The van der Waals surface area contributed by atoms with Crippen molar-refractivity contribution in [3.8, 4) is 0 Å². The van der Waals surface area contributed by atoms with Gasteiger partial charge in [0.2, 0.25) is 5.91 Å². The molecule has 0 aromatic heterocycles. The van der Waals surface area contributed by atoms with Crippen LogP contribution >= 0.6 is 0 Å². The predicted octanol–water partition coefficient (Wildman–Crippen LogP) is 2.17. The number of rotatable bonds is 1. The highest BCUT2D eigenvalue weighted by Gasteiger charge is 2.10. The number of carbonyl (C=O) groups is 1. The van der Waals surface area contributed by atoms with Crippen LogP contribution in [0.4, 0.5) is 0 Å². The molecule has 1 atom stereocenters. The van der Waals surface area contributed by atoms with E-state index < -0.39 is 0 Å². The maximum Gasteiger partial charge on any atom is 0.221 e. The molecule has 0 aromatic carbocycles. The molecule has 3 nitrogen and oxygen atoms in total. The Balaban J connectivity index is 2.32. The van der Waals surface area contributed by atoms with Crippen molar-refractivity contribution in [2.45, 2.75) is 64.0 Å². The highest BCUT2D eigenvalue weighted by molar-refractivity contribution is 5.76. The predicted molar refractivity (Wildman–Crippen MR) is 62.5 cm³/mol. The molecule has 3 heteroatoms. The van der Waals surface area contributed by atoms with Crippen LogP contribution in [0, 0.1) is 0 Å². The Kier molecular flexibility index (Phi) is 6.41. The zero-order valence-electron chi connectivity index (χ0n) is 9.85. The molecule has 2 N–H and O–H groups in total. The van der Waals surface area contributed by atoms with E-state index in [-0.39, 0.29) is 12.1 Å². The van der Waals surface area contributed by atoms with Crippen molar-refractivity contribution in [2.24, 2.45) is 0 Å². The summed E-state index contributed by atoms with van der Waals surface area (Å²) in [5, 5.41) is 6.19. The summed E-state index contributed by atoms with van der Waals surface area (Å²) in [6.45, 7) is 0. The van der Waals surface area contributed by atoms with Crippen molar-refractivity contribution in [3.05, 3.63) is 0 Å². The Morgan fingerprint density at radius 3 is 2.33 bits per heavy atom. The van der Waals surface area contributed by atoms with Crippen molar-refractivity contribution in [3.63, 3.8) is 0 Å². The van der Waals surface area contributed by atoms with E-state index in [1.807, 2.05) is 7.05 Å². The first kappa shape index (κ1) is 12.5. The van der Waals surface area contributed by atoms with Gasteiger partial charge in [0.05, 0.1) is 6.17 Å². The summed E-state index contributed by atoms with van der Waals surface area (Å²) in [6.07, 6.45) is 10.7. The Labute approximate surface area is 93.0 Å². The largest absolute Gasteiger partial charge is 0.341 e. The standard InChI is InChI=1S/C12H24N2O/c1-13-11-9-7-5-3-2-4-6-8-10-12(15)14-11/h11,13H,2-10H2,1H3,(H,14,15). The van der Waals surface area contributed by atoms with Gasteiger partial charge in [-0.15, -0.1) is 0 Å². The third-order valence-corrected chi connectivity index (χ3v) is 3.08. The molecular weight excluding hydrogens is 188 g/mol. The van der Waals surface area contributed by atoms with Gasteiger partial charge in [-0.2, -0.15) is 0 Å². The van der Waals surface area contributed by atoms with Crippen molar-refractivity contribution in [1.29, 1.82) is 0 Å². The summed E-state index contributed by atoms with van der Waals surface area (Å²) in [5.74, 6) is 0.204. The van der Waals surface area contributed by atoms with Crippen LogP contribution in [-0.2, 0) is 4.79 Å². The fraction of sp³-hybridized carbons (Fsp3) is 0.917. The fourth-order valence-electron chi connectivity index (χ4n) is 2.07. The molecule has 0 radical (unpaired) electrons. The summed E-state index contributed by atoms with van der Waals surface area (Å²) in [4.78, 5) is 11.5. The number of hydrogen-bond donors (Lipinski definition) is 2. The highest BCUT2D eigenvalue weighted by Crippen LogP contribution is 2.11. The van der Waals surface area contributed by atoms with Crippen LogP contribution < -0.4 is 10.6 Å². The maximum absolute atomic E-state index is 11.5. The Morgan fingerprint density at radius 2 is 1.67 bits per heavy atom. The van der Waals surface area contributed by atoms with Crippen LogP contribution in [0.25, 0.3) is 0 Å².